The Bertz CT molecular complexity index is 1440. The molecule has 0 saturated heterocycles. The monoisotopic (exact) mass is 453 g/mol. The number of furan rings is 1. The predicted octanol–water partition coefficient (Wildman–Crippen LogP) is 4.53. The third kappa shape index (κ3) is 4.39. The smallest absolute Gasteiger partial charge is 0.253 e. The number of hydrogen-bond acceptors (Lipinski definition) is 6. The Labute approximate surface area is 195 Å². The van der Waals surface area contributed by atoms with Crippen molar-refractivity contribution in [3.63, 3.8) is 0 Å². The fourth-order valence-electron chi connectivity index (χ4n) is 3.75. The number of aryl methyl sites for hydroxylation is 1. The second-order valence-electron chi connectivity index (χ2n) is 7.93. The van der Waals surface area contributed by atoms with Crippen LogP contribution in [0.1, 0.15) is 27.5 Å². The molecule has 0 spiro atoms. The van der Waals surface area contributed by atoms with E-state index in [1.54, 1.807) is 35.5 Å². The minimum atomic E-state index is -0.485. The third-order valence-electron chi connectivity index (χ3n) is 5.54. The van der Waals surface area contributed by atoms with Gasteiger partial charge in [0.15, 0.2) is 0 Å². The minimum absolute atomic E-state index is 0.193. The van der Waals surface area contributed by atoms with Crippen molar-refractivity contribution in [2.45, 2.75) is 13.0 Å². The van der Waals surface area contributed by atoms with Gasteiger partial charge in [-0.3, -0.25) is 4.79 Å². The molecule has 0 radical (unpaired) electrons. The van der Waals surface area contributed by atoms with Gasteiger partial charge < -0.3 is 24.7 Å². The first-order valence-electron chi connectivity index (χ1n) is 10.8. The lowest BCUT2D eigenvalue weighted by atomic mass is 10.1. The maximum Gasteiger partial charge on any atom is 0.253 e. The summed E-state index contributed by atoms with van der Waals surface area (Å²) < 4.78 is 7.17. The molecule has 3 heterocycles. The number of fused-ring (bicyclic) bond motifs is 1. The quantitative estimate of drug-likeness (QED) is 0.334. The Hall–Kier alpha value is -4.43. The van der Waals surface area contributed by atoms with Gasteiger partial charge in [0.05, 0.1) is 24.5 Å². The van der Waals surface area contributed by atoms with Crippen LogP contribution in [0.3, 0.4) is 0 Å². The van der Waals surface area contributed by atoms with Crippen LogP contribution in [-0.2, 0) is 0 Å². The van der Waals surface area contributed by atoms with Crippen molar-refractivity contribution < 1.29 is 14.3 Å². The summed E-state index contributed by atoms with van der Waals surface area (Å²) >= 11 is 0. The summed E-state index contributed by atoms with van der Waals surface area (Å²) in [6, 6.07) is 18.3. The third-order valence-corrected chi connectivity index (χ3v) is 5.54. The van der Waals surface area contributed by atoms with Gasteiger partial charge in [0.2, 0.25) is 5.95 Å². The summed E-state index contributed by atoms with van der Waals surface area (Å²) in [5.41, 5.74) is 3.81. The fraction of sp³-hybridized carbons (Fsp3) is 0.115. The second-order valence-corrected chi connectivity index (χ2v) is 7.93. The molecule has 5 rings (SSSR count). The number of carbonyl (C=O) groups is 1. The number of carbonyl (C=O) groups excluding carboxylic acids is 1. The van der Waals surface area contributed by atoms with Gasteiger partial charge in [-0.15, -0.1) is 0 Å². The Morgan fingerprint density at radius 2 is 2.00 bits per heavy atom. The van der Waals surface area contributed by atoms with Crippen LogP contribution in [0.25, 0.3) is 16.8 Å². The molecule has 8 heteroatoms. The number of rotatable bonds is 7. The molecule has 0 aliphatic carbocycles. The molecule has 0 bridgehead atoms. The molecule has 0 aliphatic rings. The highest BCUT2D eigenvalue weighted by Crippen LogP contribution is 2.23. The summed E-state index contributed by atoms with van der Waals surface area (Å²) in [5.74, 6) is 0.815. The molecule has 5 aromatic rings. The van der Waals surface area contributed by atoms with E-state index in [1.165, 1.54) is 0 Å². The Balaban J connectivity index is 1.35. The van der Waals surface area contributed by atoms with Gasteiger partial charge in [-0.05, 0) is 42.8 Å². The number of benzene rings is 2. The zero-order chi connectivity index (χ0) is 23.5. The fourth-order valence-corrected chi connectivity index (χ4v) is 3.75. The molecule has 0 saturated carbocycles. The molecule has 3 N–H and O–H groups in total. The van der Waals surface area contributed by atoms with Crippen LogP contribution in [0.5, 0.6) is 0 Å². The first kappa shape index (κ1) is 21.4. The minimum Gasteiger partial charge on any atom is -0.464 e. The molecule has 1 atom stereocenters. The topological polar surface area (TPSA) is 105 Å². The highest BCUT2D eigenvalue weighted by atomic mass is 16.3. The lowest BCUT2D eigenvalue weighted by molar-refractivity contribution is 0.0916. The van der Waals surface area contributed by atoms with E-state index in [2.05, 4.69) is 20.6 Å². The average molecular weight is 454 g/mol. The molecule has 8 nitrogen and oxygen atoms in total. The van der Waals surface area contributed by atoms with Gasteiger partial charge in [0.1, 0.15) is 11.4 Å². The van der Waals surface area contributed by atoms with E-state index >= 15 is 0 Å². The van der Waals surface area contributed by atoms with E-state index in [0.717, 1.165) is 27.8 Å². The van der Waals surface area contributed by atoms with Crippen molar-refractivity contribution in [3.05, 3.63) is 102 Å². The van der Waals surface area contributed by atoms with Crippen molar-refractivity contribution in [1.82, 2.24) is 19.9 Å². The second kappa shape index (κ2) is 9.21. The molecule has 0 aliphatic heterocycles. The van der Waals surface area contributed by atoms with E-state index in [0.29, 0.717) is 17.3 Å². The van der Waals surface area contributed by atoms with Gasteiger partial charge in [-0.1, -0.05) is 30.3 Å². The molecule has 2 aromatic carbocycles. The number of anilines is 2. The molecule has 0 fully saturated rings. The number of nitrogens with one attached hydrogen (secondary N) is 2. The molecule has 3 aromatic heterocycles. The van der Waals surface area contributed by atoms with Gasteiger partial charge in [0.25, 0.3) is 5.91 Å². The van der Waals surface area contributed by atoms with E-state index in [1.807, 2.05) is 61.5 Å². The first-order valence-corrected chi connectivity index (χ1v) is 10.8. The lowest BCUT2D eigenvalue weighted by Crippen LogP contribution is -2.30. The summed E-state index contributed by atoms with van der Waals surface area (Å²) in [4.78, 5) is 21.9. The Morgan fingerprint density at radius 1 is 1.15 bits per heavy atom. The predicted molar refractivity (Wildman–Crippen MR) is 129 cm³/mol. The molecule has 170 valence electrons. The van der Waals surface area contributed by atoms with Crippen molar-refractivity contribution in [2.75, 3.05) is 11.9 Å². The van der Waals surface area contributed by atoms with E-state index in [4.69, 9.17) is 4.42 Å². The number of hydrogen-bond donors (Lipinski definition) is 3. The van der Waals surface area contributed by atoms with Crippen molar-refractivity contribution >= 4 is 28.5 Å². The summed E-state index contributed by atoms with van der Waals surface area (Å²) in [6.07, 6.45) is 6.88. The molecule has 1 unspecified atom stereocenters. The van der Waals surface area contributed by atoms with Crippen LogP contribution in [0.4, 0.5) is 11.6 Å². The SMILES string of the molecule is Cc1cnc(Nc2ccc3occc3c2)nc1-n1ccc(C(=O)NC(CO)c2ccccc2)c1. The zero-order valence-electron chi connectivity index (χ0n) is 18.5. The van der Waals surface area contributed by atoms with Crippen LogP contribution in [0, 0.1) is 6.92 Å². The lowest BCUT2D eigenvalue weighted by Gasteiger charge is -2.16. The molecule has 1 amide bonds. The van der Waals surface area contributed by atoms with Gasteiger partial charge in [-0.2, -0.15) is 4.98 Å². The number of aromatic nitrogens is 3. The standard InChI is InChI=1S/C26H23N5O3/c1-17-14-27-26(28-21-7-8-23-19(13-21)10-12-34-23)30-24(17)31-11-9-20(15-31)25(33)29-22(16-32)18-5-3-2-4-6-18/h2-15,22,32H,16H2,1H3,(H,29,33)(H,27,28,30). The van der Waals surface area contributed by atoms with E-state index < -0.39 is 6.04 Å². The normalized spacial score (nSPS) is 11.9. The number of aliphatic hydroxyl groups is 1. The van der Waals surface area contributed by atoms with Gasteiger partial charge in [0, 0.05) is 35.2 Å². The van der Waals surface area contributed by atoms with Gasteiger partial charge in [-0.25, -0.2) is 4.98 Å². The molecule has 34 heavy (non-hydrogen) atoms. The van der Waals surface area contributed by atoms with Crippen molar-refractivity contribution in [3.8, 4) is 5.82 Å². The maximum atomic E-state index is 12.8. The summed E-state index contributed by atoms with van der Waals surface area (Å²) in [5, 5.41) is 16.8. The molecular weight excluding hydrogens is 430 g/mol. The summed E-state index contributed by atoms with van der Waals surface area (Å²) in [7, 11) is 0. The average Bonchev–Trinajstić information content (AvgIpc) is 3.54. The number of aliphatic hydroxyl groups excluding tert-OH is 1. The number of nitrogens with zero attached hydrogens (tertiary/aromatic N) is 3. The highest BCUT2D eigenvalue weighted by Gasteiger charge is 2.16. The highest BCUT2D eigenvalue weighted by molar-refractivity contribution is 5.94. The Morgan fingerprint density at radius 3 is 2.82 bits per heavy atom. The largest absolute Gasteiger partial charge is 0.464 e. The molecular formula is C26H23N5O3. The van der Waals surface area contributed by atoms with Crippen LogP contribution in [-0.4, -0.2) is 32.2 Å². The van der Waals surface area contributed by atoms with Crippen LogP contribution < -0.4 is 10.6 Å². The van der Waals surface area contributed by atoms with E-state index in [9.17, 15) is 9.90 Å². The summed E-state index contributed by atoms with van der Waals surface area (Å²) in [6.45, 7) is 1.72. The maximum absolute atomic E-state index is 12.8. The number of amides is 1. The van der Waals surface area contributed by atoms with Crippen molar-refractivity contribution in [2.24, 2.45) is 0 Å². The van der Waals surface area contributed by atoms with Crippen LogP contribution in [0.2, 0.25) is 0 Å². The van der Waals surface area contributed by atoms with Crippen LogP contribution >= 0.6 is 0 Å². The van der Waals surface area contributed by atoms with E-state index in [-0.39, 0.29) is 12.5 Å². The Kier molecular flexibility index (Phi) is 5.80. The van der Waals surface area contributed by atoms with Crippen LogP contribution in [0.15, 0.2) is 89.9 Å². The van der Waals surface area contributed by atoms with Crippen molar-refractivity contribution in [1.29, 1.82) is 0 Å². The van der Waals surface area contributed by atoms with Gasteiger partial charge >= 0.3 is 0 Å². The zero-order valence-corrected chi connectivity index (χ0v) is 18.5. The first-order chi connectivity index (χ1) is 16.6.